The van der Waals surface area contributed by atoms with Gasteiger partial charge in [0.1, 0.15) is 10.5 Å². The Balaban J connectivity index is 1.86. The molecule has 0 saturated heterocycles. The minimum absolute atomic E-state index is 0.0175. The Kier molecular flexibility index (Phi) is 3.81. The molecule has 2 amide bonds. The Hall–Kier alpha value is -3.13. The number of carbonyl (C=O) groups is 1. The molecule has 2 aromatic carbocycles. The topological polar surface area (TPSA) is 96.7 Å². The third-order valence-corrected chi connectivity index (χ3v) is 6.47. The largest absolute Gasteiger partial charge is 0.423 e. The van der Waals surface area contributed by atoms with Crippen molar-refractivity contribution in [3.63, 3.8) is 0 Å². The van der Waals surface area contributed by atoms with Gasteiger partial charge in [0.2, 0.25) is 0 Å². The van der Waals surface area contributed by atoms with Crippen LogP contribution in [0.25, 0.3) is 11.0 Å². The summed E-state index contributed by atoms with van der Waals surface area (Å²) in [5.74, 6) is 0. The summed E-state index contributed by atoms with van der Waals surface area (Å²) in [6.07, 6.45) is 0. The Morgan fingerprint density at radius 1 is 1.04 bits per heavy atom. The van der Waals surface area contributed by atoms with Crippen LogP contribution in [0.2, 0.25) is 0 Å². The molecule has 0 atom stereocenters. The van der Waals surface area contributed by atoms with Gasteiger partial charge in [-0.25, -0.2) is 22.3 Å². The number of hydrogen-bond acceptors (Lipinski definition) is 5. The van der Waals surface area contributed by atoms with E-state index in [1.807, 2.05) is 19.9 Å². The van der Waals surface area contributed by atoms with E-state index in [2.05, 4.69) is 5.32 Å². The summed E-state index contributed by atoms with van der Waals surface area (Å²) in [7, 11) is -4.04. The molecule has 3 aromatic rings. The minimum atomic E-state index is -4.04. The van der Waals surface area contributed by atoms with E-state index < -0.39 is 21.7 Å². The van der Waals surface area contributed by atoms with Gasteiger partial charge < -0.3 is 9.73 Å². The van der Waals surface area contributed by atoms with Gasteiger partial charge in [-0.3, -0.25) is 0 Å². The molecule has 0 saturated carbocycles. The van der Waals surface area contributed by atoms with Gasteiger partial charge in [-0.2, -0.15) is 0 Å². The number of aryl methyl sites for hydroxylation is 2. The molecule has 7 nitrogen and oxygen atoms in total. The van der Waals surface area contributed by atoms with Crippen LogP contribution in [0.5, 0.6) is 0 Å². The van der Waals surface area contributed by atoms with E-state index >= 15 is 0 Å². The van der Waals surface area contributed by atoms with E-state index in [9.17, 15) is 18.0 Å². The Morgan fingerprint density at radius 2 is 1.74 bits per heavy atom. The molecule has 0 spiro atoms. The van der Waals surface area contributed by atoms with Crippen LogP contribution in [0, 0.1) is 13.8 Å². The minimum Gasteiger partial charge on any atom is -0.423 e. The molecule has 2 heterocycles. The number of carbonyl (C=O) groups excluding carboxylic acids is 1. The van der Waals surface area contributed by atoms with Gasteiger partial charge in [-0.05, 0) is 54.8 Å². The van der Waals surface area contributed by atoms with E-state index in [1.165, 1.54) is 18.2 Å². The van der Waals surface area contributed by atoms with Crippen LogP contribution in [0.15, 0.2) is 56.6 Å². The number of amides is 2. The number of para-hydroxylation sites is 1. The molecule has 27 heavy (non-hydrogen) atoms. The molecule has 0 aliphatic carbocycles. The molecule has 0 fully saturated rings. The summed E-state index contributed by atoms with van der Waals surface area (Å²) in [5.41, 5.74) is 2.31. The lowest BCUT2D eigenvalue weighted by molar-refractivity contribution is 0.233. The van der Waals surface area contributed by atoms with Crippen LogP contribution in [-0.4, -0.2) is 18.8 Å². The van der Waals surface area contributed by atoms with Crippen molar-refractivity contribution in [2.24, 2.45) is 0 Å². The summed E-state index contributed by atoms with van der Waals surface area (Å²) in [5, 5.41) is 3.17. The molecule has 0 bridgehead atoms. The summed E-state index contributed by atoms with van der Waals surface area (Å²) >= 11 is 0. The second-order valence-corrected chi connectivity index (χ2v) is 8.29. The highest BCUT2D eigenvalue weighted by Gasteiger charge is 2.36. The van der Waals surface area contributed by atoms with Crippen LogP contribution in [0.1, 0.15) is 16.7 Å². The van der Waals surface area contributed by atoms with Crippen LogP contribution < -0.4 is 10.9 Å². The summed E-state index contributed by atoms with van der Waals surface area (Å²) in [6.45, 7) is 3.53. The fourth-order valence-electron chi connectivity index (χ4n) is 3.13. The lowest BCUT2D eigenvalue weighted by atomic mass is 10.0. The quantitative estimate of drug-likeness (QED) is 0.685. The van der Waals surface area contributed by atoms with E-state index in [0.717, 1.165) is 15.4 Å². The van der Waals surface area contributed by atoms with Crippen LogP contribution in [0.3, 0.4) is 0 Å². The fourth-order valence-corrected chi connectivity index (χ4v) is 4.58. The normalized spacial score (nSPS) is 15.5. The number of hydrogen-bond donors (Lipinski definition) is 1. The van der Waals surface area contributed by atoms with Crippen molar-refractivity contribution < 1.29 is 17.6 Å². The maximum atomic E-state index is 12.9. The van der Waals surface area contributed by atoms with Gasteiger partial charge in [0, 0.05) is 11.5 Å². The molecule has 0 radical (unpaired) electrons. The second kappa shape index (κ2) is 5.95. The summed E-state index contributed by atoms with van der Waals surface area (Å²) in [4.78, 5) is 24.4. The molecular weight excluding hydrogens is 368 g/mol. The molecule has 1 N–H and O–H groups in total. The zero-order chi connectivity index (χ0) is 19.3. The van der Waals surface area contributed by atoms with Crippen LogP contribution in [-0.2, 0) is 16.6 Å². The fraction of sp³-hybridized carbons (Fsp3) is 0.158. The zero-order valence-corrected chi connectivity index (χ0v) is 15.5. The number of rotatable bonds is 2. The first-order valence-corrected chi connectivity index (χ1v) is 9.68. The Morgan fingerprint density at radius 3 is 2.52 bits per heavy atom. The first-order chi connectivity index (χ1) is 12.8. The maximum Gasteiger partial charge on any atom is 0.336 e. The predicted octanol–water partition coefficient (Wildman–Crippen LogP) is 3.15. The van der Waals surface area contributed by atoms with Crippen molar-refractivity contribution >= 4 is 32.7 Å². The highest BCUT2D eigenvalue weighted by atomic mass is 32.2. The summed E-state index contributed by atoms with van der Waals surface area (Å²) in [6, 6.07) is 10.2. The van der Waals surface area contributed by atoms with Crippen LogP contribution in [0.4, 0.5) is 10.5 Å². The molecule has 4 rings (SSSR count). The van der Waals surface area contributed by atoms with E-state index in [1.54, 1.807) is 18.2 Å². The number of nitrogens with one attached hydrogen (secondary N) is 1. The standard InChI is InChI=1S/C19H16N2O5S/c1-11-7-14-13(9-18(22)26-16(14)8-12(11)2)10-21-19(23)20-15-5-3-4-6-17(15)27(21,24)25/h3-9H,10H2,1-2H3,(H,20,23). The first kappa shape index (κ1) is 17.3. The first-order valence-electron chi connectivity index (χ1n) is 8.24. The molecular formula is C19H16N2O5S. The highest BCUT2D eigenvalue weighted by molar-refractivity contribution is 7.90. The second-order valence-electron chi connectivity index (χ2n) is 6.46. The smallest absolute Gasteiger partial charge is 0.336 e. The zero-order valence-electron chi connectivity index (χ0n) is 14.6. The van der Waals surface area contributed by atoms with Gasteiger partial charge >= 0.3 is 11.7 Å². The van der Waals surface area contributed by atoms with Crippen LogP contribution >= 0.6 is 0 Å². The molecule has 1 aliphatic heterocycles. The molecule has 8 heteroatoms. The molecule has 1 aliphatic rings. The van der Waals surface area contributed by atoms with Gasteiger partial charge in [-0.1, -0.05) is 12.1 Å². The molecule has 1 aromatic heterocycles. The van der Waals surface area contributed by atoms with Gasteiger partial charge in [0.05, 0.1) is 12.2 Å². The lowest BCUT2D eigenvalue weighted by Gasteiger charge is -2.28. The van der Waals surface area contributed by atoms with Crippen molar-refractivity contribution in [2.75, 3.05) is 5.32 Å². The SMILES string of the molecule is Cc1cc2oc(=O)cc(CN3C(=O)Nc4ccccc4S3(=O)=O)c2cc1C. The third kappa shape index (κ3) is 2.78. The lowest BCUT2D eigenvalue weighted by Crippen LogP contribution is -2.43. The highest BCUT2D eigenvalue weighted by Crippen LogP contribution is 2.32. The van der Waals surface area contributed by atoms with Crippen molar-refractivity contribution in [3.05, 3.63) is 69.6 Å². The Labute approximate surface area is 155 Å². The average Bonchev–Trinajstić information content (AvgIpc) is 2.60. The number of urea groups is 1. The number of sulfonamides is 1. The molecule has 138 valence electrons. The van der Waals surface area contributed by atoms with Crippen molar-refractivity contribution in [2.45, 2.75) is 25.3 Å². The van der Waals surface area contributed by atoms with Gasteiger partial charge in [0.15, 0.2) is 0 Å². The number of nitrogens with zero attached hydrogens (tertiary/aromatic N) is 1. The Bertz CT molecular complexity index is 1260. The summed E-state index contributed by atoms with van der Waals surface area (Å²) < 4.78 is 31.8. The number of anilines is 1. The third-order valence-electron chi connectivity index (χ3n) is 4.68. The van der Waals surface area contributed by atoms with E-state index in [0.29, 0.717) is 16.5 Å². The van der Waals surface area contributed by atoms with Crippen molar-refractivity contribution in [1.29, 1.82) is 0 Å². The average molecular weight is 384 g/mol. The van der Waals surface area contributed by atoms with Crippen molar-refractivity contribution in [3.8, 4) is 0 Å². The van der Waals surface area contributed by atoms with Crippen molar-refractivity contribution in [1.82, 2.24) is 4.31 Å². The van der Waals surface area contributed by atoms with E-state index in [-0.39, 0.29) is 17.1 Å². The monoisotopic (exact) mass is 384 g/mol. The van der Waals surface area contributed by atoms with E-state index in [4.69, 9.17) is 4.42 Å². The number of fused-ring (bicyclic) bond motifs is 2. The van der Waals surface area contributed by atoms with Gasteiger partial charge in [0.25, 0.3) is 10.0 Å². The molecule has 0 unspecified atom stereocenters. The van der Waals surface area contributed by atoms with Gasteiger partial charge in [-0.15, -0.1) is 0 Å². The number of benzene rings is 2. The maximum absolute atomic E-state index is 12.9. The predicted molar refractivity (Wildman–Crippen MR) is 100 cm³/mol.